The standard InChI is InChI=1S/C14H18N2O2S/c1-10-3-2-5-14(7-10)12(17)15-13(18)16(14)8-11-4-6-19-9-11/h4,6,9-10H,2-3,5,7-8H2,1H3,(H,15,17,18). The summed E-state index contributed by atoms with van der Waals surface area (Å²) in [6, 6.07) is 1.78. The number of amides is 3. The molecule has 2 fully saturated rings. The van der Waals surface area contributed by atoms with Crippen LogP contribution in [0, 0.1) is 5.92 Å². The first-order valence-corrected chi connectivity index (χ1v) is 7.70. The Labute approximate surface area is 116 Å². The van der Waals surface area contributed by atoms with Gasteiger partial charge >= 0.3 is 6.03 Å². The van der Waals surface area contributed by atoms with Crippen molar-refractivity contribution in [3.8, 4) is 0 Å². The fourth-order valence-corrected chi connectivity index (χ4v) is 4.02. The summed E-state index contributed by atoms with van der Waals surface area (Å²) in [6.45, 7) is 2.70. The van der Waals surface area contributed by atoms with Crippen LogP contribution in [0.25, 0.3) is 0 Å². The van der Waals surface area contributed by atoms with E-state index in [9.17, 15) is 9.59 Å². The summed E-state index contributed by atoms with van der Waals surface area (Å²) in [6.07, 6.45) is 3.74. The molecule has 1 aromatic heterocycles. The number of thiophene rings is 1. The van der Waals surface area contributed by atoms with Gasteiger partial charge in [0.15, 0.2) is 0 Å². The zero-order valence-electron chi connectivity index (χ0n) is 11.0. The molecule has 0 radical (unpaired) electrons. The summed E-state index contributed by atoms with van der Waals surface area (Å²) in [7, 11) is 0. The minimum atomic E-state index is -0.601. The summed E-state index contributed by atoms with van der Waals surface area (Å²) in [5.41, 5.74) is 0.504. The highest BCUT2D eigenvalue weighted by atomic mass is 32.1. The molecule has 1 aliphatic carbocycles. The van der Waals surface area contributed by atoms with Gasteiger partial charge < -0.3 is 4.90 Å². The Kier molecular flexibility index (Phi) is 3.09. The molecule has 1 aromatic rings. The van der Waals surface area contributed by atoms with Crippen LogP contribution >= 0.6 is 11.3 Å². The predicted octanol–water partition coefficient (Wildman–Crippen LogP) is 2.75. The summed E-state index contributed by atoms with van der Waals surface area (Å²) in [5, 5.41) is 6.55. The van der Waals surface area contributed by atoms with Gasteiger partial charge in [-0.2, -0.15) is 11.3 Å². The van der Waals surface area contributed by atoms with Gasteiger partial charge in [-0.1, -0.05) is 19.8 Å². The zero-order valence-corrected chi connectivity index (χ0v) is 11.8. The van der Waals surface area contributed by atoms with Gasteiger partial charge in [-0.3, -0.25) is 10.1 Å². The number of rotatable bonds is 2. The number of nitrogens with one attached hydrogen (secondary N) is 1. The maximum atomic E-state index is 12.3. The molecule has 0 bridgehead atoms. The number of carbonyl (C=O) groups excluding carboxylic acids is 2. The lowest BCUT2D eigenvalue weighted by molar-refractivity contribution is -0.129. The summed E-state index contributed by atoms with van der Waals surface area (Å²) in [5.74, 6) is 0.398. The van der Waals surface area contributed by atoms with Gasteiger partial charge in [0.05, 0.1) is 0 Å². The van der Waals surface area contributed by atoms with Gasteiger partial charge in [0.2, 0.25) is 0 Å². The third-order valence-corrected chi connectivity index (χ3v) is 5.03. The fraction of sp³-hybridized carbons (Fsp3) is 0.571. The molecule has 2 unspecified atom stereocenters. The van der Waals surface area contributed by atoms with Crippen LogP contribution in [-0.4, -0.2) is 22.4 Å². The third kappa shape index (κ3) is 2.06. The Bertz CT molecular complexity index is 500. The van der Waals surface area contributed by atoms with Gasteiger partial charge in [-0.25, -0.2) is 4.79 Å². The second kappa shape index (κ2) is 4.63. The Morgan fingerprint density at radius 2 is 2.37 bits per heavy atom. The van der Waals surface area contributed by atoms with Crippen LogP contribution in [0.5, 0.6) is 0 Å². The summed E-state index contributed by atoms with van der Waals surface area (Å²) < 4.78 is 0. The molecular formula is C14H18N2O2S. The topological polar surface area (TPSA) is 49.4 Å². The second-order valence-electron chi connectivity index (χ2n) is 5.71. The number of hydrogen-bond acceptors (Lipinski definition) is 3. The van der Waals surface area contributed by atoms with E-state index < -0.39 is 5.54 Å². The molecule has 1 saturated carbocycles. The van der Waals surface area contributed by atoms with Crippen LogP contribution in [0.1, 0.15) is 38.2 Å². The van der Waals surface area contributed by atoms with Gasteiger partial charge in [0, 0.05) is 6.54 Å². The molecule has 102 valence electrons. The molecule has 5 heteroatoms. The van der Waals surface area contributed by atoms with E-state index in [1.807, 2.05) is 16.8 Å². The van der Waals surface area contributed by atoms with Crippen molar-refractivity contribution >= 4 is 23.3 Å². The minimum Gasteiger partial charge on any atom is -0.305 e. The fourth-order valence-electron chi connectivity index (χ4n) is 3.36. The first-order valence-electron chi connectivity index (χ1n) is 6.76. The average molecular weight is 278 g/mol. The maximum Gasteiger partial charge on any atom is 0.325 e. The van der Waals surface area contributed by atoms with Gasteiger partial charge in [0.25, 0.3) is 5.91 Å². The number of imide groups is 1. The Balaban J connectivity index is 1.90. The molecule has 2 atom stereocenters. The molecule has 3 amide bonds. The molecule has 0 aromatic carbocycles. The quantitative estimate of drug-likeness (QED) is 0.846. The van der Waals surface area contributed by atoms with Gasteiger partial charge in [-0.05, 0) is 41.1 Å². The predicted molar refractivity (Wildman–Crippen MR) is 73.8 cm³/mol. The molecule has 4 nitrogen and oxygen atoms in total. The lowest BCUT2D eigenvalue weighted by atomic mass is 9.75. The molecule has 19 heavy (non-hydrogen) atoms. The normalized spacial score (nSPS) is 31.0. The van der Waals surface area contributed by atoms with Crippen LogP contribution in [0.15, 0.2) is 16.8 Å². The molecular weight excluding hydrogens is 260 g/mol. The summed E-state index contributed by atoms with van der Waals surface area (Å²) >= 11 is 1.62. The summed E-state index contributed by atoms with van der Waals surface area (Å²) in [4.78, 5) is 26.1. The van der Waals surface area contributed by atoms with E-state index in [0.717, 1.165) is 31.2 Å². The molecule has 1 N–H and O–H groups in total. The van der Waals surface area contributed by atoms with Crippen molar-refractivity contribution < 1.29 is 9.59 Å². The third-order valence-electron chi connectivity index (χ3n) is 4.30. The van der Waals surface area contributed by atoms with Crippen molar-refractivity contribution in [1.29, 1.82) is 0 Å². The van der Waals surface area contributed by atoms with Crippen molar-refractivity contribution in [2.75, 3.05) is 0 Å². The zero-order chi connectivity index (χ0) is 13.5. The molecule has 1 saturated heterocycles. The van der Waals surface area contributed by atoms with E-state index in [1.165, 1.54) is 0 Å². The molecule has 1 spiro atoms. The molecule has 1 aliphatic heterocycles. The van der Waals surface area contributed by atoms with Crippen molar-refractivity contribution in [2.45, 2.75) is 44.7 Å². The first kappa shape index (κ1) is 12.7. The molecule has 2 aliphatic rings. The Hall–Kier alpha value is -1.36. The monoisotopic (exact) mass is 278 g/mol. The van der Waals surface area contributed by atoms with Crippen molar-refractivity contribution in [1.82, 2.24) is 10.2 Å². The molecule has 2 heterocycles. The van der Waals surface area contributed by atoms with Crippen LogP contribution in [0.2, 0.25) is 0 Å². The highest BCUT2D eigenvalue weighted by Crippen LogP contribution is 2.40. The number of carbonyl (C=O) groups is 2. The molecule has 3 rings (SSSR count). The van der Waals surface area contributed by atoms with Crippen molar-refractivity contribution in [2.24, 2.45) is 5.92 Å². The lowest BCUT2D eigenvalue weighted by Gasteiger charge is -2.40. The largest absolute Gasteiger partial charge is 0.325 e. The van der Waals surface area contributed by atoms with Crippen LogP contribution < -0.4 is 5.32 Å². The Morgan fingerprint density at radius 1 is 1.53 bits per heavy atom. The lowest BCUT2D eigenvalue weighted by Crippen LogP contribution is -2.52. The minimum absolute atomic E-state index is 0.0979. The second-order valence-corrected chi connectivity index (χ2v) is 6.49. The Morgan fingerprint density at radius 3 is 3.05 bits per heavy atom. The van der Waals surface area contributed by atoms with E-state index in [0.29, 0.717) is 12.5 Å². The van der Waals surface area contributed by atoms with Crippen molar-refractivity contribution in [3.63, 3.8) is 0 Å². The van der Waals surface area contributed by atoms with Crippen molar-refractivity contribution in [3.05, 3.63) is 22.4 Å². The number of nitrogens with zero attached hydrogens (tertiary/aromatic N) is 1. The smallest absolute Gasteiger partial charge is 0.305 e. The SMILES string of the molecule is CC1CCCC2(C1)C(=O)NC(=O)N2Cc1ccsc1. The van der Waals surface area contributed by atoms with E-state index in [4.69, 9.17) is 0 Å². The van der Waals surface area contributed by atoms with E-state index in [2.05, 4.69) is 12.2 Å². The van der Waals surface area contributed by atoms with E-state index >= 15 is 0 Å². The van der Waals surface area contributed by atoms with E-state index in [1.54, 1.807) is 16.2 Å². The number of hydrogen-bond donors (Lipinski definition) is 1. The van der Waals surface area contributed by atoms with Gasteiger partial charge in [0.1, 0.15) is 5.54 Å². The van der Waals surface area contributed by atoms with E-state index in [-0.39, 0.29) is 11.9 Å². The maximum absolute atomic E-state index is 12.3. The first-order chi connectivity index (χ1) is 9.12. The van der Waals surface area contributed by atoms with Crippen LogP contribution in [-0.2, 0) is 11.3 Å². The van der Waals surface area contributed by atoms with Crippen LogP contribution in [0.4, 0.5) is 4.79 Å². The van der Waals surface area contributed by atoms with Crippen LogP contribution in [0.3, 0.4) is 0 Å². The highest BCUT2D eigenvalue weighted by molar-refractivity contribution is 7.07. The highest BCUT2D eigenvalue weighted by Gasteiger charge is 2.53. The van der Waals surface area contributed by atoms with Gasteiger partial charge in [-0.15, -0.1) is 0 Å². The number of urea groups is 1. The average Bonchev–Trinajstić information content (AvgIpc) is 2.94.